The molecule has 13 heavy (non-hydrogen) atoms. The van der Waals surface area contributed by atoms with Gasteiger partial charge in [0.2, 0.25) is 5.43 Å². The van der Waals surface area contributed by atoms with Gasteiger partial charge >= 0.3 is 0 Å². The minimum atomic E-state index is -0.0724. The van der Waals surface area contributed by atoms with E-state index in [-0.39, 0.29) is 5.43 Å². The molecule has 0 atom stereocenters. The maximum absolute atomic E-state index is 11.6. The highest BCUT2D eigenvalue weighted by molar-refractivity contribution is 7.79. The van der Waals surface area contributed by atoms with Crippen LogP contribution in [-0.2, 0) is 0 Å². The monoisotopic (exact) mass is 190 g/mol. The van der Waals surface area contributed by atoms with Gasteiger partial charge in [-0.1, -0.05) is 24.4 Å². The molecular weight excluding hydrogens is 184 g/mol. The summed E-state index contributed by atoms with van der Waals surface area (Å²) < 4.78 is 5.22. The fourth-order valence-electron chi connectivity index (χ4n) is 1.17. The number of rotatable bonds is 1. The van der Waals surface area contributed by atoms with Gasteiger partial charge in [-0.3, -0.25) is 4.79 Å². The van der Waals surface area contributed by atoms with Crippen molar-refractivity contribution in [2.24, 2.45) is 0 Å². The predicted molar refractivity (Wildman–Crippen MR) is 55.2 cm³/mol. The first-order chi connectivity index (χ1) is 6.33. The second-order valence-corrected chi connectivity index (χ2v) is 2.87. The molecule has 0 fully saturated rings. The highest BCUT2D eigenvalue weighted by Crippen LogP contribution is 2.09. The third-order valence-electron chi connectivity index (χ3n) is 1.83. The zero-order chi connectivity index (χ0) is 9.26. The number of hydrogen-bond donors (Lipinski definition) is 0. The van der Waals surface area contributed by atoms with Crippen LogP contribution in [0.5, 0.6) is 0 Å². The average molecular weight is 190 g/mol. The number of hydrogen-bond acceptors (Lipinski definition) is 3. The van der Waals surface area contributed by atoms with Gasteiger partial charge in [0, 0.05) is 5.37 Å². The van der Waals surface area contributed by atoms with E-state index in [2.05, 4.69) is 12.2 Å². The lowest BCUT2D eigenvalue weighted by atomic mass is 10.2. The van der Waals surface area contributed by atoms with Crippen LogP contribution < -0.4 is 5.43 Å². The summed E-state index contributed by atoms with van der Waals surface area (Å²) >= 11 is 4.68. The van der Waals surface area contributed by atoms with Gasteiger partial charge in [0.1, 0.15) is 11.8 Å². The van der Waals surface area contributed by atoms with E-state index in [4.69, 9.17) is 4.42 Å². The molecule has 0 N–H and O–H groups in total. The van der Waals surface area contributed by atoms with E-state index < -0.39 is 0 Å². The molecule has 0 saturated heterocycles. The molecule has 0 saturated carbocycles. The third kappa shape index (κ3) is 1.27. The molecule has 64 valence electrons. The van der Waals surface area contributed by atoms with Crippen molar-refractivity contribution < 1.29 is 4.42 Å². The third-order valence-corrected chi connectivity index (χ3v) is 2.09. The second-order valence-electron chi connectivity index (χ2n) is 2.63. The Morgan fingerprint density at radius 1 is 1.31 bits per heavy atom. The maximum atomic E-state index is 11.6. The van der Waals surface area contributed by atoms with Crippen molar-refractivity contribution in [2.45, 2.75) is 0 Å². The van der Waals surface area contributed by atoms with Gasteiger partial charge in [0.15, 0.2) is 0 Å². The topological polar surface area (TPSA) is 30.2 Å². The van der Waals surface area contributed by atoms with Crippen molar-refractivity contribution >= 4 is 28.6 Å². The van der Waals surface area contributed by atoms with E-state index >= 15 is 0 Å². The van der Waals surface area contributed by atoms with Crippen LogP contribution in [0.4, 0.5) is 0 Å². The van der Waals surface area contributed by atoms with E-state index in [1.165, 1.54) is 11.6 Å². The van der Waals surface area contributed by atoms with Crippen LogP contribution in [0.2, 0.25) is 0 Å². The molecule has 2 nitrogen and oxygen atoms in total. The van der Waals surface area contributed by atoms with E-state index in [0.717, 1.165) is 0 Å². The average Bonchev–Trinajstić information content (AvgIpc) is 2.19. The summed E-state index contributed by atoms with van der Waals surface area (Å²) in [5, 5.41) is 1.90. The quantitative estimate of drug-likeness (QED) is 0.645. The van der Waals surface area contributed by atoms with Gasteiger partial charge in [0.05, 0.1) is 10.9 Å². The van der Waals surface area contributed by atoms with Gasteiger partial charge in [-0.25, -0.2) is 0 Å². The Morgan fingerprint density at radius 3 is 2.85 bits per heavy atom. The van der Waals surface area contributed by atoms with Crippen LogP contribution in [0.15, 0.2) is 39.7 Å². The van der Waals surface area contributed by atoms with Crippen molar-refractivity contribution in [3.05, 3.63) is 46.3 Å². The lowest BCUT2D eigenvalue weighted by Gasteiger charge is -1.95. The highest BCUT2D eigenvalue weighted by atomic mass is 32.1. The summed E-state index contributed by atoms with van der Waals surface area (Å²) in [4.78, 5) is 11.6. The summed E-state index contributed by atoms with van der Waals surface area (Å²) in [6, 6.07) is 7.10. The number of fused-ring (bicyclic) bond motifs is 1. The Hall–Kier alpha value is -1.48. The van der Waals surface area contributed by atoms with Crippen LogP contribution >= 0.6 is 12.2 Å². The summed E-state index contributed by atoms with van der Waals surface area (Å²) in [6.45, 7) is 0. The summed E-state index contributed by atoms with van der Waals surface area (Å²) in [6.07, 6.45) is 1.39. The minimum absolute atomic E-state index is 0.0724. The molecule has 1 aromatic carbocycles. The fraction of sp³-hybridized carbons (Fsp3) is 0. The molecule has 0 radical (unpaired) electrons. The van der Waals surface area contributed by atoms with Crippen LogP contribution in [0.25, 0.3) is 11.0 Å². The summed E-state index contributed by atoms with van der Waals surface area (Å²) in [5.74, 6) is 0. The van der Waals surface area contributed by atoms with Gasteiger partial charge < -0.3 is 4.42 Å². The molecule has 2 aromatic rings. The minimum Gasteiger partial charge on any atom is -0.463 e. The molecule has 1 aromatic heterocycles. The zero-order valence-corrected chi connectivity index (χ0v) is 7.51. The van der Waals surface area contributed by atoms with Crippen molar-refractivity contribution in [2.75, 3.05) is 0 Å². The van der Waals surface area contributed by atoms with Crippen LogP contribution in [0.1, 0.15) is 5.56 Å². The predicted octanol–water partition coefficient (Wildman–Crippen LogP) is 2.14. The molecule has 2 rings (SSSR count). The zero-order valence-electron chi connectivity index (χ0n) is 6.69. The second kappa shape index (κ2) is 3.11. The SMILES string of the molecule is O=c1c(C=S)coc2ccccc12. The lowest BCUT2D eigenvalue weighted by Crippen LogP contribution is -2.06. The maximum Gasteiger partial charge on any atom is 0.200 e. The normalized spacial score (nSPS) is 10.2. The molecule has 0 amide bonds. The number of thiocarbonyl (C=S) groups is 1. The molecule has 0 unspecified atom stereocenters. The number of para-hydroxylation sites is 1. The Morgan fingerprint density at radius 2 is 2.08 bits per heavy atom. The molecule has 0 aliphatic heterocycles. The summed E-state index contributed by atoms with van der Waals surface area (Å²) in [5.41, 5.74) is 0.943. The standard InChI is InChI=1S/C10H6O2S/c11-10-7(6-13)5-12-9-4-2-1-3-8(9)10/h1-6H. The molecule has 0 bridgehead atoms. The van der Waals surface area contributed by atoms with Gasteiger partial charge in [-0.05, 0) is 12.1 Å². The Bertz CT molecular complexity index is 514. The largest absolute Gasteiger partial charge is 0.463 e. The molecule has 3 heteroatoms. The Kier molecular flexibility index (Phi) is 1.94. The van der Waals surface area contributed by atoms with E-state index in [0.29, 0.717) is 16.5 Å². The lowest BCUT2D eigenvalue weighted by molar-refractivity contribution is 0.601. The van der Waals surface area contributed by atoms with Crippen molar-refractivity contribution in [3.8, 4) is 0 Å². The fourth-order valence-corrected chi connectivity index (χ4v) is 1.34. The van der Waals surface area contributed by atoms with Crippen molar-refractivity contribution in [1.82, 2.24) is 0 Å². The van der Waals surface area contributed by atoms with Gasteiger partial charge in [-0.2, -0.15) is 0 Å². The first-order valence-corrected chi connectivity index (χ1v) is 4.26. The van der Waals surface area contributed by atoms with Crippen LogP contribution in [0.3, 0.4) is 0 Å². The smallest absolute Gasteiger partial charge is 0.200 e. The van der Waals surface area contributed by atoms with E-state index in [1.54, 1.807) is 18.2 Å². The highest BCUT2D eigenvalue weighted by Gasteiger charge is 2.02. The molecule has 0 aliphatic carbocycles. The first kappa shape index (κ1) is 8.13. The van der Waals surface area contributed by atoms with E-state index in [1.807, 2.05) is 6.07 Å². The van der Waals surface area contributed by atoms with Gasteiger partial charge in [0.25, 0.3) is 0 Å². The Labute approximate surface area is 79.8 Å². The van der Waals surface area contributed by atoms with Crippen LogP contribution in [-0.4, -0.2) is 5.37 Å². The Balaban J connectivity index is 2.95. The van der Waals surface area contributed by atoms with Crippen LogP contribution in [0, 0.1) is 0 Å². The van der Waals surface area contributed by atoms with E-state index in [9.17, 15) is 4.79 Å². The molecule has 0 spiro atoms. The first-order valence-electron chi connectivity index (χ1n) is 3.78. The molecule has 0 aliphatic rings. The number of benzene rings is 1. The summed E-state index contributed by atoms with van der Waals surface area (Å²) in [7, 11) is 0. The van der Waals surface area contributed by atoms with Crippen molar-refractivity contribution in [3.63, 3.8) is 0 Å². The molecular formula is C10H6O2S. The molecule has 1 heterocycles. The van der Waals surface area contributed by atoms with Crippen molar-refractivity contribution in [1.29, 1.82) is 0 Å². The van der Waals surface area contributed by atoms with Gasteiger partial charge in [-0.15, -0.1) is 0 Å².